The summed E-state index contributed by atoms with van der Waals surface area (Å²) >= 11 is 0. The van der Waals surface area contributed by atoms with Crippen LogP contribution in [-0.2, 0) is 23.0 Å². The Morgan fingerprint density at radius 3 is 1.58 bits per heavy atom. The van der Waals surface area contributed by atoms with Gasteiger partial charge >= 0.3 is 118 Å². The molecule has 0 radical (unpaired) electrons. The van der Waals surface area contributed by atoms with Crippen molar-refractivity contribution in [3.63, 3.8) is 0 Å². The van der Waals surface area contributed by atoms with Gasteiger partial charge in [0.2, 0.25) is 0 Å². The Bertz CT molecular complexity index is 426. The Balaban J connectivity index is -0.000000301. The minimum absolute atomic E-state index is 0. The third-order valence-corrected chi connectivity index (χ3v) is 2.73. The standard InChI is InChI=1S/C6H14O12P2.4Na/c7-3(1-17-19(11,12)13)5(9)6(10)4(8)2-18-20(14,15)16;;;;/h3,5-7,9-10H,1-2H2,(H2,11,12,13)(H2,14,15,16);;;;/q;4*+1/p-4. The molecule has 0 fully saturated rings. The van der Waals surface area contributed by atoms with Gasteiger partial charge in [0.05, 0.1) is 22.3 Å². The van der Waals surface area contributed by atoms with Crippen LogP contribution in [0.25, 0.3) is 0 Å². The third-order valence-electron chi connectivity index (χ3n) is 1.82. The van der Waals surface area contributed by atoms with Crippen LogP contribution in [0.1, 0.15) is 0 Å². The Labute approximate surface area is 225 Å². The predicted octanol–water partition coefficient (Wildman–Crippen LogP) is -17.7. The first-order valence-electron chi connectivity index (χ1n) is 4.73. The van der Waals surface area contributed by atoms with Crippen molar-refractivity contribution in [2.75, 3.05) is 13.2 Å². The molecular weight excluding hydrogens is 418 g/mol. The number of carbonyl (C=O) groups excluding carboxylic acids is 1. The molecule has 12 nitrogen and oxygen atoms in total. The van der Waals surface area contributed by atoms with Gasteiger partial charge in [0, 0.05) is 0 Å². The van der Waals surface area contributed by atoms with Gasteiger partial charge in [0.1, 0.15) is 24.9 Å². The summed E-state index contributed by atoms with van der Waals surface area (Å²) in [5.74, 6) is -1.48. The van der Waals surface area contributed by atoms with Gasteiger partial charge in [0.25, 0.3) is 0 Å². The number of aliphatic hydroxyl groups excluding tert-OH is 3. The van der Waals surface area contributed by atoms with E-state index in [2.05, 4.69) is 9.05 Å². The molecule has 120 valence electrons. The van der Waals surface area contributed by atoms with E-state index in [1.165, 1.54) is 0 Å². The summed E-state index contributed by atoms with van der Waals surface area (Å²) in [5.41, 5.74) is 0. The minimum Gasteiger partial charge on any atom is -0.790 e. The second-order valence-corrected chi connectivity index (χ2v) is 5.74. The molecule has 0 heterocycles. The molecule has 0 bridgehead atoms. The number of ketones is 1. The number of phosphoric acid groups is 2. The van der Waals surface area contributed by atoms with Crippen LogP contribution >= 0.6 is 15.6 Å². The zero-order valence-corrected chi connectivity index (χ0v) is 23.3. The molecule has 0 aromatic rings. The Hall–Kier alpha value is 3.77. The van der Waals surface area contributed by atoms with Crippen LogP contribution in [0.4, 0.5) is 0 Å². The van der Waals surface area contributed by atoms with E-state index in [0.29, 0.717) is 0 Å². The predicted molar refractivity (Wildman–Crippen MR) is 50.1 cm³/mol. The molecule has 0 amide bonds. The second-order valence-electron chi connectivity index (χ2n) is 3.43. The molecule has 0 rings (SSSR count). The molecule has 0 aliphatic heterocycles. The molecule has 0 spiro atoms. The topological polar surface area (TPSA) is 223 Å². The van der Waals surface area contributed by atoms with Crippen molar-refractivity contribution in [2.24, 2.45) is 0 Å². The molecule has 3 atom stereocenters. The molecular formula is C6H10Na4O12P2. The molecule has 0 aliphatic carbocycles. The first-order chi connectivity index (χ1) is 8.83. The van der Waals surface area contributed by atoms with E-state index in [4.69, 9.17) is 10.2 Å². The van der Waals surface area contributed by atoms with Crippen LogP contribution in [-0.4, -0.2) is 52.6 Å². The fourth-order valence-electron chi connectivity index (χ4n) is 0.895. The van der Waals surface area contributed by atoms with Crippen molar-refractivity contribution >= 4 is 21.4 Å². The minimum atomic E-state index is -5.47. The van der Waals surface area contributed by atoms with Crippen LogP contribution in [0.15, 0.2) is 0 Å². The molecule has 0 saturated carbocycles. The van der Waals surface area contributed by atoms with Crippen molar-refractivity contribution in [2.45, 2.75) is 18.3 Å². The van der Waals surface area contributed by atoms with Gasteiger partial charge in [0.15, 0.2) is 5.78 Å². The summed E-state index contributed by atoms with van der Waals surface area (Å²) < 4.78 is 27.3. The Kier molecular flexibility index (Phi) is 28.2. The summed E-state index contributed by atoms with van der Waals surface area (Å²) in [5, 5.41) is 27.5. The van der Waals surface area contributed by atoms with Crippen molar-refractivity contribution in [3.8, 4) is 0 Å². The molecule has 0 aliphatic rings. The van der Waals surface area contributed by atoms with Crippen molar-refractivity contribution in [1.29, 1.82) is 0 Å². The molecule has 0 aromatic heterocycles. The molecule has 3 unspecified atom stereocenters. The van der Waals surface area contributed by atoms with Gasteiger partial charge in [-0.05, 0) is 0 Å². The van der Waals surface area contributed by atoms with Crippen LogP contribution < -0.4 is 138 Å². The number of Topliss-reactive ketones (excluding diaryl/α,β-unsaturated/α-hetero) is 1. The zero-order valence-electron chi connectivity index (χ0n) is 13.6. The van der Waals surface area contributed by atoms with Gasteiger partial charge in [-0.3, -0.25) is 4.79 Å². The summed E-state index contributed by atoms with van der Waals surface area (Å²) in [6.07, 6.45) is -6.83. The average Bonchev–Trinajstić information content (AvgIpc) is 2.29. The van der Waals surface area contributed by atoms with Gasteiger partial charge in [-0.2, -0.15) is 0 Å². The number of phosphoric ester groups is 2. The summed E-state index contributed by atoms with van der Waals surface area (Å²) in [4.78, 5) is 51.4. The maximum Gasteiger partial charge on any atom is 1.00 e. The Morgan fingerprint density at radius 1 is 0.875 bits per heavy atom. The van der Waals surface area contributed by atoms with E-state index in [1.54, 1.807) is 0 Å². The van der Waals surface area contributed by atoms with E-state index in [0.717, 1.165) is 0 Å². The van der Waals surface area contributed by atoms with Crippen molar-refractivity contribution in [3.05, 3.63) is 0 Å². The quantitative estimate of drug-likeness (QED) is 0.230. The van der Waals surface area contributed by atoms with Crippen LogP contribution in [0.2, 0.25) is 0 Å². The van der Waals surface area contributed by atoms with E-state index >= 15 is 0 Å². The summed E-state index contributed by atoms with van der Waals surface area (Å²) in [7, 11) is -10.9. The van der Waals surface area contributed by atoms with E-state index in [9.17, 15) is 38.6 Å². The van der Waals surface area contributed by atoms with Crippen LogP contribution in [0, 0.1) is 0 Å². The van der Waals surface area contributed by atoms with E-state index in [1.807, 2.05) is 0 Å². The molecule has 0 aromatic carbocycles. The molecule has 3 N–H and O–H groups in total. The maximum atomic E-state index is 11.1. The molecule has 0 saturated heterocycles. The van der Waals surface area contributed by atoms with Crippen molar-refractivity contribution in [1.82, 2.24) is 0 Å². The number of rotatable bonds is 9. The number of hydrogen-bond acceptors (Lipinski definition) is 12. The maximum absolute atomic E-state index is 11.1. The number of hydrogen-bond donors (Lipinski definition) is 3. The average molecular weight is 428 g/mol. The normalized spacial score (nSPS) is 14.6. The number of carbonyl (C=O) groups is 1. The number of aliphatic hydroxyl groups is 3. The zero-order chi connectivity index (χ0) is 16.1. The van der Waals surface area contributed by atoms with Gasteiger partial charge in [-0.15, -0.1) is 0 Å². The summed E-state index contributed by atoms with van der Waals surface area (Å²) in [6.45, 7) is -2.63. The largest absolute Gasteiger partial charge is 1.00 e. The first kappa shape index (κ1) is 38.4. The molecule has 18 heteroatoms. The molecule has 24 heavy (non-hydrogen) atoms. The van der Waals surface area contributed by atoms with Crippen LogP contribution in [0.3, 0.4) is 0 Å². The fraction of sp³-hybridized carbons (Fsp3) is 0.833. The van der Waals surface area contributed by atoms with Crippen LogP contribution in [0.5, 0.6) is 0 Å². The van der Waals surface area contributed by atoms with E-state index in [-0.39, 0.29) is 118 Å². The first-order valence-corrected chi connectivity index (χ1v) is 7.65. The Morgan fingerprint density at radius 2 is 1.25 bits per heavy atom. The second kappa shape index (κ2) is 17.6. The van der Waals surface area contributed by atoms with Gasteiger partial charge in [-0.1, -0.05) is 0 Å². The smallest absolute Gasteiger partial charge is 0.790 e. The summed E-state index contributed by atoms with van der Waals surface area (Å²) in [6, 6.07) is 0. The third kappa shape index (κ3) is 20.5. The fourth-order valence-corrected chi connectivity index (χ4v) is 1.52. The SMILES string of the molecule is O=C(COP(=O)([O-])[O-])C(O)C(O)C(O)COP(=O)([O-])[O-].[Na+].[Na+].[Na+].[Na+]. The van der Waals surface area contributed by atoms with Gasteiger partial charge < -0.3 is 53.1 Å². The van der Waals surface area contributed by atoms with Crippen molar-refractivity contribution < 1.29 is 176 Å². The monoisotopic (exact) mass is 428 g/mol. The van der Waals surface area contributed by atoms with Gasteiger partial charge in [-0.25, -0.2) is 0 Å². The van der Waals surface area contributed by atoms with E-state index < -0.39 is 53.0 Å².